The second-order valence-electron chi connectivity index (χ2n) is 2.11. The molecule has 5 nitrogen and oxygen atoms in total. The Kier molecular flexibility index (Phi) is 1.48. The molecule has 2 amide bonds. The highest BCUT2D eigenvalue weighted by atomic mass is 16.2. The Morgan fingerprint density at radius 2 is 1.92 bits per heavy atom. The largest absolute Gasteiger partial charge is 0.367 e. The molecule has 1 aliphatic rings. The molecule has 0 bridgehead atoms. The highest BCUT2D eigenvalue weighted by Crippen LogP contribution is 1.98. The first-order chi connectivity index (χ1) is 5.86. The summed E-state index contributed by atoms with van der Waals surface area (Å²) in [5.41, 5.74) is 0.417. The number of aliphatic imine (C=N–C) groups is 2. The van der Waals surface area contributed by atoms with Crippen LogP contribution in [0, 0.1) is 0 Å². The Morgan fingerprint density at radius 1 is 1.17 bits per heavy atom. The molecule has 0 aliphatic carbocycles. The Bertz CT molecular complexity index is 368. The Morgan fingerprint density at radius 3 is 2.50 bits per heavy atom. The van der Waals surface area contributed by atoms with Crippen molar-refractivity contribution < 1.29 is 4.79 Å². The van der Waals surface area contributed by atoms with Gasteiger partial charge < -0.3 is 0 Å². The molecule has 0 saturated carbocycles. The zero-order chi connectivity index (χ0) is 8.39. The van der Waals surface area contributed by atoms with E-state index in [1.54, 1.807) is 18.5 Å². The van der Waals surface area contributed by atoms with Crippen LogP contribution >= 0.6 is 0 Å². The van der Waals surface area contributed by atoms with Gasteiger partial charge in [-0.05, 0) is 6.07 Å². The third-order valence-electron chi connectivity index (χ3n) is 1.31. The predicted octanol–water partition coefficient (Wildman–Crippen LogP) is 0.470. The summed E-state index contributed by atoms with van der Waals surface area (Å²) in [4.78, 5) is 25.4. The number of hydrogen-bond donors (Lipinski definition) is 0. The van der Waals surface area contributed by atoms with Crippen molar-refractivity contribution >= 4 is 18.0 Å². The maximum absolute atomic E-state index is 10.6. The highest BCUT2D eigenvalue weighted by Gasteiger charge is 2.11. The molecule has 0 unspecified atom stereocenters. The lowest BCUT2D eigenvalue weighted by molar-refractivity contribution is 0.257. The van der Waals surface area contributed by atoms with E-state index in [0.29, 0.717) is 11.5 Å². The fourth-order valence-corrected chi connectivity index (χ4v) is 0.816. The minimum absolute atomic E-state index is 0.417. The first kappa shape index (κ1) is 6.78. The van der Waals surface area contributed by atoms with Gasteiger partial charge in [-0.1, -0.05) is 0 Å². The molecule has 0 aromatic carbocycles. The van der Waals surface area contributed by atoms with Crippen molar-refractivity contribution in [1.82, 2.24) is 9.97 Å². The van der Waals surface area contributed by atoms with Crippen molar-refractivity contribution in [2.24, 2.45) is 9.98 Å². The third-order valence-corrected chi connectivity index (χ3v) is 1.31. The molecule has 12 heavy (non-hydrogen) atoms. The van der Waals surface area contributed by atoms with Gasteiger partial charge in [-0.15, -0.1) is 0 Å². The van der Waals surface area contributed by atoms with E-state index in [1.807, 2.05) is 0 Å². The quantitative estimate of drug-likeness (QED) is 0.599. The van der Waals surface area contributed by atoms with Crippen LogP contribution < -0.4 is 0 Å². The molecular weight excluding hydrogens is 156 g/mol. The predicted molar refractivity (Wildman–Crippen MR) is 42.5 cm³/mol. The van der Waals surface area contributed by atoms with Gasteiger partial charge in [0, 0.05) is 12.4 Å². The average Bonchev–Trinajstić information content (AvgIpc) is 2.54. The molecule has 0 saturated heterocycles. The molecule has 1 aromatic heterocycles. The average molecular weight is 160 g/mol. The summed E-state index contributed by atoms with van der Waals surface area (Å²) in [6.45, 7) is 0. The van der Waals surface area contributed by atoms with Gasteiger partial charge in [0.25, 0.3) is 0 Å². The molecule has 2 rings (SSSR count). The van der Waals surface area contributed by atoms with Crippen molar-refractivity contribution in [3.63, 3.8) is 0 Å². The van der Waals surface area contributed by atoms with Gasteiger partial charge in [-0.2, -0.15) is 9.98 Å². The van der Waals surface area contributed by atoms with Crippen molar-refractivity contribution in [3.05, 3.63) is 24.3 Å². The van der Waals surface area contributed by atoms with E-state index < -0.39 is 6.03 Å². The number of amides is 2. The number of rotatable bonds is 1. The van der Waals surface area contributed by atoms with Crippen LogP contribution in [0.4, 0.5) is 4.79 Å². The Labute approximate surface area is 67.9 Å². The van der Waals surface area contributed by atoms with Gasteiger partial charge in [-0.25, -0.2) is 14.8 Å². The molecule has 0 atom stereocenters. The first-order valence-electron chi connectivity index (χ1n) is 3.30. The van der Waals surface area contributed by atoms with Gasteiger partial charge >= 0.3 is 6.03 Å². The highest BCUT2D eigenvalue weighted by molar-refractivity contribution is 6.42. The molecule has 0 radical (unpaired) electrons. The van der Waals surface area contributed by atoms with Crippen LogP contribution in [0.3, 0.4) is 0 Å². The summed E-state index contributed by atoms with van der Waals surface area (Å²) in [6.07, 6.45) is 4.53. The summed E-state index contributed by atoms with van der Waals surface area (Å²) in [6, 6.07) is 1.19. The Hall–Kier alpha value is -1.91. The van der Waals surface area contributed by atoms with Crippen LogP contribution in [0.2, 0.25) is 0 Å². The summed E-state index contributed by atoms with van der Waals surface area (Å²) in [7, 11) is 0. The maximum Gasteiger partial charge on any atom is 0.367 e. The van der Waals surface area contributed by atoms with Crippen molar-refractivity contribution in [2.45, 2.75) is 0 Å². The fourth-order valence-electron chi connectivity index (χ4n) is 0.816. The zero-order valence-electron chi connectivity index (χ0n) is 6.01. The second kappa shape index (κ2) is 2.61. The summed E-state index contributed by atoms with van der Waals surface area (Å²) >= 11 is 0. The molecule has 2 heterocycles. The van der Waals surface area contributed by atoms with Crippen LogP contribution in [0.25, 0.3) is 0 Å². The molecule has 1 aliphatic heterocycles. The lowest BCUT2D eigenvalue weighted by atomic mass is 10.4. The number of aromatic nitrogens is 2. The van der Waals surface area contributed by atoms with E-state index >= 15 is 0 Å². The van der Waals surface area contributed by atoms with Gasteiger partial charge in [0.2, 0.25) is 0 Å². The maximum atomic E-state index is 10.6. The number of urea groups is 1. The number of carbonyl (C=O) groups is 1. The van der Waals surface area contributed by atoms with Crippen molar-refractivity contribution in [2.75, 3.05) is 0 Å². The summed E-state index contributed by atoms with van der Waals surface area (Å²) in [5, 5.41) is 0. The minimum Gasteiger partial charge on any atom is -0.244 e. The molecule has 58 valence electrons. The standard InChI is InChI=1S/C7H4N4O/c12-7-10-4-5(11-7)6-8-2-1-3-9-6/h1-4H. The van der Waals surface area contributed by atoms with Gasteiger partial charge in [0.05, 0.1) is 6.21 Å². The lowest BCUT2D eigenvalue weighted by Gasteiger charge is -1.90. The van der Waals surface area contributed by atoms with Gasteiger partial charge in [-0.3, -0.25) is 0 Å². The molecule has 1 aromatic rings. The topological polar surface area (TPSA) is 67.6 Å². The zero-order valence-corrected chi connectivity index (χ0v) is 6.01. The number of hydrogen-bond acceptors (Lipinski definition) is 3. The molecular formula is C7H4N4O. The number of nitrogens with zero attached hydrogens (tertiary/aromatic N) is 4. The molecule has 5 heteroatoms. The Balaban J connectivity index is 2.40. The van der Waals surface area contributed by atoms with E-state index in [9.17, 15) is 4.79 Å². The lowest BCUT2D eigenvalue weighted by Crippen LogP contribution is -2.04. The molecule has 0 spiro atoms. The van der Waals surface area contributed by atoms with Crippen molar-refractivity contribution in [1.29, 1.82) is 0 Å². The van der Waals surface area contributed by atoms with Crippen molar-refractivity contribution in [3.8, 4) is 0 Å². The molecule has 0 N–H and O–H groups in total. The molecule has 0 fully saturated rings. The van der Waals surface area contributed by atoms with E-state index in [2.05, 4.69) is 20.0 Å². The monoisotopic (exact) mass is 160 g/mol. The van der Waals surface area contributed by atoms with Gasteiger partial charge in [0.15, 0.2) is 5.82 Å². The second-order valence-corrected chi connectivity index (χ2v) is 2.11. The van der Waals surface area contributed by atoms with Gasteiger partial charge in [0.1, 0.15) is 5.71 Å². The normalized spacial score (nSPS) is 15.0. The van der Waals surface area contributed by atoms with E-state index in [0.717, 1.165) is 0 Å². The fraction of sp³-hybridized carbons (Fsp3) is 0. The smallest absolute Gasteiger partial charge is 0.244 e. The first-order valence-corrected chi connectivity index (χ1v) is 3.30. The van der Waals surface area contributed by atoms with E-state index in [-0.39, 0.29) is 0 Å². The van der Waals surface area contributed by atoms with Crippen LogP contribution in [-0.2, 0) is 0 Å². The van der Waals surface area contributed by atoms with Crippen LogP contribution in [0.5, 0.6) is 0 Å². The number of carbonyl (C=O) groups excluding carboxylic acids is 1. The van der Waals surface area contributed by atoms with Crippen LogP contribution in [0.1, 0.15) is 5.82 Å². The van der Waals surface area contributed by atoms with E-state index in [4.69, 9.17) is 0 Å². The van der Waals surface area contributed by atoms with E-state index in [1.165, 1.54) is 6.21 Å². The SMILES string of the molecule is O=C1N=CC(c2ncccn2)=N1. The minimum atomic E-state index is -0.502. The third kappa shape index (κ3) is 1.12. The summed E-state index contributed by atoms with van der Waals surface area (Å²) in [5.74, 6) is 0.423. The van der Waals surface area contributed by atoms with Crippen LogP contribution in [0.15, 0.2) is 28.4 Å². The summed E-state index contributed by atoms with van der Waals surface area (Å²) < 4.78 is 0. The van der Waals surface area contributed by atoms with Crippen LogP contribution in [-0.4, -0.2) is 27.9 Å².